The fourth-order valence-electron chi connectivity index (χ4n) is 3.12. The summed E-state index contributed by atoms with van der Waals surface area (Å²) in [6.07, 6.45) is 3.39. The number of carbonyl (C=O) groups is 2. The van der Waals surface area contributed by atoms with Gasteiger partial charge in [-0.3, -0.25) is 9.59 Å². The number of benzene rings is 3. The maximum atomic E-state index is 12.2. The lowest BCUT2D eigenvalue weighted by Gasteiger charge is -2.04. The number of rotatable bonds is 7. The molecule has 0 unspecified atom stereocenters. The van der Waals surface area contributed by atoms with Gasteiger partial charge in [-0.15, -0.1) is 0 Å². The Morgan fingerprint density at radius 2 is 1.70 bits per heavy atom. The average Bonchev–Trinajstić information content (AvgIpc) is 3.28. The number of nitrogens with zero attached hydrogens (tertiary/aromatic N) is 3. The summed E-state index contributed by atoms with van der Waals surface area (Å²) in [5, 5.41) is 11.3. The number of hydrogen-bond donors (Lipinski definition) is 2. The SMILES string of the molecule is O=C(CNC(=O)c1cccc(Br)c1)N/N=C\c1cn(-c2ccccc2)nc1-c1ccccc1. The number of nitrogens with one attached hydrogen (secondary N) is 2. The Kier molecular flexibility index (Phi) is 7.06. The molecular formula is C25H20BrN5O2. The minimum absolute atomic E-state index is 0.197. The summed E-state index contributed by atoms with van der Waals surface area (Å²) in [5.41, 5.74) is 6.22. The maximum Gasteiger partial charge on any atom is 0.259 e. The van der Waals surface area contributed by atoms with Crippen molar-refractivity contribution in [3.05, 3.63) is 107 Å². The van der Waals surface area contributed by atoms with Crippen molar-refractivity contribution in [2.45, 2.75) is 0 Å². The van der Waals surface area contributed by atoms with E-state index in [9.17, 15) is 9.59 Å². The van der Waals surface area contributed by atoms with Crippen molar-refractivity contribution in [2.75, 3.05) is 6.54 Å². The van der Waals surface area contributed by atoms with Crippen molar-refractivity contribution in [1.82, 2.24) is 20.5 Å². The first-order valence-electron chi connectivity index (χ1n) is 10.2. The molecule has 33 heavy (non-hydrogen) atoms. The zero-order chi connectivity index (χ0) is 23.0. The van der Waals surface area contributed by atoms with Crippen LogP contribution < -0.4 is 10.7 Å². The van der Waals surface area contributed by atoms with Crippen LogP contribution in [0.15, 0.2) is 101 Å². The molecule has 0 atom stereocenters. The number of halogens is 1. The molecule has 0 saturated carbocycles. The molecule has 0 radical (unpaired) electrons. The summed E-state index contributed by atoms with van der Waals surface area (Å²) in [5.74, 6) is -0.780. The van der Waals surface area contributed by atoms with Crippen molar-refractivity contribution in [3.8, 4) is 16.9 Å². The van der Waals surface area contributed by atoms with Crippen LogP contribution in [0.25, 0.3) is 16.9 Å². The molecule has 0 saturated heterocycles. The Morgan fingerprint density at radius 3 is 2.42 bits per heavy atom. The summed E-state index contributed by atoms with van der Waals surface area (Å²) in [6.45, 7) is -0.197. The number of para-hydroxylation sites is 1. The van der Waals surface area contributed by atoms with Gasteiger partial charge in [-0.1, -0.05) is 70.5 Å². The average molecular weight is 502 g/mol. The smallest absolute Gasteiger partial charge is 0.259 e. The molecule has 0 aliphatic heterocycles. The Hall–Kier alpha value is -4.04. The fraction of sp³-hybridized carbons (Fsp3) is 0.0400. The number of aromatic nitrogens is 2. The summed E-state index contributed by atoms with van der Waals surface area (Å²) in [7, 11) is 0. The Balaban J connectivity index is 1.44. The van der Waals surface area contributed by atoms with Gasteiger partial charge in [-0.25, -0.2) is 10.1 Å². The van der Waals surface area contributed by atoms with E-state index in [0.717, 1.165) is 27.0 Å². The molecule has 4 aromatic rings. The highest BCUT2D eigenvalue weighted by Crippen LogP contribution is 2.22. The zero-order valence-electron chi connectivity index (χ0n) is 17.5. The van der Waals surface area contributed by atoms with E-state index in [1.807, 2.05) is 72.9 Å². The van der Waals surface area contributed by atoms with Crippen LogP contribution in [0.4, 0.5) is 0 Å². The predicted molar refractivity (Wildman–Crippen MR) is 131 cm³/mol. The lowest BCUT2D eigenvalue weighted by atomic mass is 10.1. The molecule has 8 heteroatoms. The number of carbonyl (C=O) groups excluding carboxylic acids is 2. The van der Waals surface area contributed by atoms with Gasteiger partial charge in [-0.2, -0.15) is 10.2 Å². The lowest BCUT2D eigenvalue weighted by Crippen LogP contribution is -2.34. The molecular weight excluding hydrogens is 482 g/mol. The van der Waals surface area contributed by atoms with E-state index >= 15 is 0 Å². The first kappa shape index (κ1) is 22.2. The van der Waals surface area contributed by atoms with Gasteiger partial charge in [0, 0.05) is 27.4 Å². The molecule has 0 aliphatic carbocycles. The molecule has 0 bridgehead atoms. The van der Waals surface area contributed by atoms with E-state index in [1.54, 1.807) is 29.1 Å². The van der Waals surface area contributed by atoms with E-state index < -0.39 is 5.91 Å². The lowest BCUT2D eigenvalue weighted by molar-refractivity contribution is -0.120. The molecule has 3 aromatic carbocycles. The van der Waals surface area contributed by atoms with Gasteiger partial charge >= 0.3 is 0 Å². The quantitative estimate of drug-likeness (QED) is 0.294. The number of hydrogen-bond acceptors (Lipinski definition) is 4. The minimum Gasteiger partial charge on any atom is -0.343 e. The summed E-state index contributed by atoms with van der Waals surface area (Å²) >= 11 is 3.32. The van der Waals surface area contributed by atoms with Crippen LogP contribution in [0.5, 0.6) is 0 Å². The maximum absolute atomic E-state index is 12.2. The third-order valence-electron chi connectivity index (χ3n) is 4.70. The second-order valence-electron chi connectivity index (χ2n) is 7.07. The largest absolute Gasteiger partial charge is 0.343 e. The molecule has 4 rings (SSSR count). The number of hydrazone groups is 1. The molecule has 0 aliphatic rings. The van der Waals surface area contributed by atoms with Gasteiger partial charge in [0.15, 0.2) is 0 Å². The van der Waals surface area contributed by atoms with Crippen molar-refractivity contribution < 1.29 is 9.59 Å². The van der Waals surface area contributed by atoms with Crippen LogP contribution in [-0.2, 0) is 4.79 Å². The van der Waals surface area contributed by atoms with Gasteiger partial charge in [-0.05, 0) is 30.3 Å². The monoisotopic (exact) mass is 501 g/mol. The van der Waals surface area contributed by atoms with E-state index in [2.05, 4.69) is 31.8 Å². The van der Waals surface area contributed by atoms with Crippen LogP contribution in [0, 0.1) is 0 Å². The Bertz CT molecular complexity index is 1290. The van der Waals surface area contributed by atoms with Gasteiger partial charge in [0.05, 0.1) is 18.4 Å². The van der Waals surface area contributed by atoms with Crippen LogP contribution in [0.2, 0.25) is 0 Å². The molecule has 164 valence electrons. The van der Waals surface area contributed by atoms with Crippen LogP contribution in [-0.4, -0.2) is 34.4 Å². The molecule has 1 aromatic heterocycles. The van der Waals surface area contributed by atoms with E-state index in [-0.39, 0.29) is 12.5 Å². The Labute approximate surface area is 199 Å². The highest BCUT2D eigenvalue weighted by atomic mass is 79.9. The van der Waals surface area contributed by atoms with Crippen LogP contribution >= 0.6 is 15.9 Å². The minimum atomic E-state index is -0.439. The first-order chi connectivity index (χ1) is 16.1. The van der Waals surface area contributed by atoms with Crippen molar-refractivity contribution in [3.63, 3.8) is 0 Å². The Morgan fingerprint density at radius 1 is 0.970 bits per heavy atom. The summed E-state index contributed by atoms with van der Waals surface area (Å²) in [4.78, 5) is 24.3. The van der Waals surface area contributed by atoms with Crippen LogP contribution in [0.1, 0.15) is 15.9 Å². The van der Waals surface area contributed by atoms with E-state index in [1.165, 1.54) is 0 Å². The summed E-state index contributed by atoms with van der Waals surface area (Å²) < 4.78 is 2.55. The van der Waals surface area contributed by atoms with Crippen molar-refractivity contribution >= 4 is 34.0 Å². The van der Waals surface area contributed by atoms with Gasteiger partial charge in [0.2, 0.25) is 0 Å². The molecule has 2 N–H and O–H groups in total. The van der Waals surface area contributed by atoms with E-state index in [0.29, 0.717) is 5.56 Å². The second-order valence-corrected chi connectivity index (χ2v) is 7.98. The third kappa shape index (κ3) is 5.81. The van der Waals surface area contributed by atoms with Gasteiger partial charge in [0.25, 0.3) is 11.8 Å². The topological polar surface area (TPSA) is 88.4 Å². The molecule has 1 heterocycles. The number of amides is 2. The fourth-order valence-corrected chi connectivity index (χ4v) is 3.52. The highest BCUT2D eigenvalue weighted by molar-refractivity contribution is 9.10. The zero-order valence-corrected chi connectivity index (χ0v) is 19.1. The van der Waals surface area contributed by atoms with Crippen molar-refractivity contribution in [2.24, 2.45) is 5.10 Å². The predicted octanol–water partition coefficient (Wildman–Crippen LogP) is 4.18. The normalized spacial score (nSPS) is 10.8. The van der Waals surface area contributed by atoms with Crippen LogP contribution in [0.3, 0.4) is 0 Å². The first-order valence-corrected chi connectivity index (χ1v) is 11.0. The molecule has 0 fully saturated rings. The molecule has 0 spiro atoms. The standard InChI is InChI=1S/C25H20BrN5O2/c26-21-11-7-10-19(14-21)25(33)27-16-23(32)29-28-15-20-17-31(22-12-5-2-6-13-22)30-24(20)18-8-3-1-4-9-18/h1-15,17H,16H2,(H,27,33)(H,29,32)/b28-15-. The second kappa shape index (κ2) is 10.5. The van der Waals surface area contributed by atoms with Gasteiger partial charge < -0.3 is 5.32 Å². The molecule has 2 amide bonds. The third-order valence-corrected chi connectivity index (χ3v) is 5.19. The van der Waals surface area contributed by atoms with Gasteiger partial charge in [0.1, 0.15) is 5.69 Å². The summed E-state index contributed by atoms with van der Waals surface area (Å²) in [6, 6.07) is 26.4. The highest BCUT2D eigenvalue weighted by Gasteiger charge is 2.11. The molecule has 7 nitrogen and oxygen atoms in total. The van der Waals surface area contributed by atoms with Crippen molar-refractivity contribution in [1.29, 1.82) is 0 Å². The van der Waals surface area contributed by atoms with E-state index in [4.69, 9.17) is 5.10 Å².